The highest BCUT2D eigenvalue weighted by molar-refractivity contribution is 5.71. The SMILES string of the molecule is CC/C=C\C/C=C\C/C=C\C/C=C\C/C=C\CCCCCCCCCCCCCCCC(=O)OCC(COC(=O)CCCCCCCCCCCCCCC)OC(=O)CCCCCCCCCCCCCCCCCCCCCCC. The summed E-state index contributed by atoms with van der Waals surface area (Å²) in [6, 6.07) is 0. The van der Waals surface area contributed by atoms with Gasteiger partial charge in [0, 0.05) is 19.3 Å². The molecule has 0 N–H and O–H groups in total. The van der Waals surface area contributed by atoms with E-state index in [1.807, 2.05) is 0 Å². The van der Waals surface area contributed by atoms with Gasteiger partial charge in [-0.2, -0.15) is 0 Å². The van der Waals surface area contributed by atoms with E-state index in [4.69, 9.17) is 14.2 Å². The maximum Gasteiger partial charge on any atom is 0.306 e. The van der Waals surface area contributed by atoms with Crippen LogP contribution in [0.5, 0.6) is 0 Å². The molecule has 0 fully saturated rings. The molecule has 0 aromatic rings. The Morgan fingerprint density at radius 3 is 0.753 bits per heavy atom. The Labute approximate surface area is 504 Å². The van der Waals surface area contributed by atoms with E-state index in [1.54, 1.807) is 0 Å². The highest BCUT2D eigenvalue weighted by Crippen LogP contribution is 2.19. The van der Waals surface area contributed by atoms with Crippen LogP contribution in [0, 0.1) is 0 Å². The molecule has 6 nitrogen and oxygen atoms in total. The molecule has 0 aliphatic rings. The van der Waals surface area contributed by atoms with Crippen molar-refractivity contribution in [1.29, 1.82) is 0 Å². The molecule has 0 spiro atoms. The van der Waals surface area contributed by atoms with Crippen molar-refractivity contribution in [3.63, 3.8) is 0 Å². The molecule has 0 rings (SSSR count). The first kappa shape index (κ1) is 78.1. The third-order valence-corrected chi connectivity index (χ3v) is 16.0. The van der Waals surface area contributed by atoms with Gasteiger partial charge in [-0.3, -0.25) is 14.4 Å². The van der Waals surface area contributed by atoms with Gasteiger partial charge in [-0.15, -0.1) is 0 Å². The lowest BCUT2D eigenvalue weighted by molar-refractivity contribution is -0.167. The molecule has 0 aromatic heterocycles. The summed E-state index contributed by atoms with van der Waals surface area (Å²) in [5.74, 6) is -0.841. The van der Waals surface area contributed by atoms with Crippen LogP contribution in [0.4, 0.5) is 0 Å². The third-order valence-electron chi connectivity index (χ3n) is 16.0. The quantitative estimate of drug-likeness (QED) is 0.0261. The van der Waals surface area contributed by atoms with E-state index < -0.39 is 6.10 Å². The number of carbonyl (C=O) groups is 3. The van der Waals surface area contributed by atoms with Gasteiger partial charge in [0.25, 0.3) is 0 Å². The van der Waals surface area contributed by atoms with Gasteiger partial charge in [0.05, 0.1) is 0 Å². The fourth-order valence-electron chi connectivity index (χ4n) is 10.7. The third kappa shape index (κ3) is 67.8. The van der Waals surface area contributed by atoms with Crippen LogP contribution in [0.25, 0.3) is 0 Å². The molecule has 0 radical (unpaired) electrons. The van der Waals surface area contributed by atoms with Crippen molar-refractivity contribution in [2.24, 2.45) is 0 Å². The van der Waals surface area contributed by atoms with Gasteiger partial charge < -0.3 is 14.2 Å². The Bertz CT molecular complexity index is 1440. The van der Waals surface area contributed by atoms with Gasteiger partial charge in [0.2, 0.25) is 0 Å². The van der Waals surface area contributed by atoms with E-state index in [0.717, 1.165) is 89.9 Å². The standard InChI is InChI=1S/C75H136O6/c1-4-7-10-13-16-19-22-25-27-29-31-33-34-35-36-37-38-39-40-42-43-45-47-50-53-56-59-62-65-68-74(77)80-71-72(70-79-73(76)67-64-61-58-55-52-49-24-21-18-15-12-9-6-3)81-75(78)69-66-63-60-57-54-51-48-46-44-41-32-30-28-26-23-20-17-14-11-8-5-2/h7,10,16,19,25,27,31,33,35-36,72H,4-6,8-9,11-15,17-18,20-24,26,28-30,32,34,37-71H2,1-3H3/b10-7-,19-16-,27-25-,33-31-,36-35-. The predicted octanol–water partition coefficient (Wildman–Crippen LogP) is 24.7. The number of hydrogen-bond acceptors (Lipinski definition) is 6. The number of esters is 3. The fourth-order valence-corrected chi connectivity index (χ4v) is 10.7. The maximum absolute atomic E-state index is 13.0. The molecule has 6 heteroatoms. The monoisotopic (exact) mass is 1130 g/mol. The largest absolute Gasteiger partial charge is 0.462 e. The summed E-state index contributed by atoms with van der Waals surface area (Å²) in [6.07, 6.45) is 89.6. The first-order valence-electron chi connectivity index (χ1n) is 35.8. The minimum Gasteiger partial charge on any atom is -0.462 e. The molecule has 1 unspecified atom stereocenters. The van der Waals surface area contributed by atoms with Gasteiger partial charge in [-0.25, -0.2) is 0 Å². The average molecular weight is 1130 g/mol. The Hall–Kier alpha value is -2.89. The first-order chi connectivity index (χ1) is 40.0. The highest BCUT2D eigenvalue weighted by Gasteiger charge is 2.19. The average Bonchev–Trinajstić information content (AvgIpc) is 3.46. The molecule has 0 aliphatic carbocycles. The lowest BCUT2D eigenvalue weighted by Crippen LogP contribution is -2.30. The molecule has 1 atom stereocenters. The highest BCUT2D eigenvalue weighted by atomic mass is 16.6. The van der Waals surface area contributed by atoms with E-state index in [1.165, 1.54) is 250 Å². The van der Waals surface area contributed by atoms with Gasteiger partial charge in [0.15, 0.2) is 6.10 Å². The molecule has 81 heavy (non-hydrogen) atoms. The molecule has 0 heterocycles. The lowest BCUT2D eigenvalue weighted by Gasteiger charge is -2.18. The van der Waals surface area contributed by atoms with E-state index in [9.17, 15) is 14.4 Å². The minimum absolute atomic E-state index is 0.0674. The predicted molar refractivity (Wildman–Crippen MR) is 353 cm³/mol. The maximum atomic E-state index is 13.0. The van der Waals surface area contributed by atoms with Crippen molar-refractivity contribution >= 4 is 17.9 Å². The van der Waals surface area contributed by atoms with Gasteiger partial charge in [0.1, 0.15) is 13.2 Å². The molecule has 0 aromatic carbocycles. The summed E-state index contributed by atoms with van der Waals surface area (Å²) in [5, 5.41) is 0. The van der Waals surface area contributed by atoms with Crippen molar-refractivity contribution in [3.8, 4) is 0 Å². The van der Waals surface area contributed by atoms with E-state index in [2.05, 4.69) is 81.5 Å². The second-order valence-corrected chi connectivity index (χ2v) is 24.1. The molecular formula is C75H136O6. The zero-order valence-electron chi connectivity index (χ0n) is 54.3. The lowest BCUT2D eigenvalue weighted by atomic mass is 10.0. The minimum atomic E-state index is -0.771. The van der Waals surface area contributed by atoms with Crippen LogP contribution in [-0.2, 0) is 28.6 Å². The number of rotatable bonds is 66. The molecule has 0 saturated heterocycles. The molecule has 472 valence electrons. The summed E-state index contributed by atoms with van der Waals surface area (Å²) in [5.41, 5.74) is 0. The van der Waals surface area contributed by atoms with Crippen LogP contribution in [0.15, 0.2) is 60.8 Å². The van der Waals surface area contributed by atoms with Gasteiger partial charge in [-0.1, -0.05) is 358 Å². The fraction of sp³-hybridized carbons (Fsp3) is 0.827. The number of carbonyl (C=O) groups excluding carboxylic acids is 3. The first-order valence-corrected chi connectivity index (χ1v) is 35.8. The number of hydrogen-bond donors (Lipinski definition) is 0. The number of ether oxygens (including phenoxy) is 3. The van der Waals surface area contributed by atoms with Crippen LogP contribution >= 0.6 is 0 Å². The van der Waals surface area contributed by atoms with E-state index in [0.29, 0.717) is 19.3 Å². The van der Waals surface area contributed by atoms with Gasteiger partial charge >= 0.3 is 17.9 Å². The smallest absolute Gasteiger partial charge is 0.306 e. The van der Waals surface area contributed by atoms with Crippen LogP contribution in [0.1, 0.15) is 380 Å². The number of allylic oxidation sites excluding steroid dienone is 10. The summed E-state index contributed by atoms with van der Waals surface area (Å²) in [7, 11) is 0. The summed E-state index contributed by atoms with van der Waals surface area (Å²) in [6.45, 7) is 6.60. The van der Waals surface area contributed by atoms with Crippen LogP contribution in [0.3, 0.4) is 0 Å². The summed E-state index contributed by atoms with van der Waals surface area (Å²) < 4.78 is 17.0. The molecular weight excluding hydrogens is 997 g/mol. The molecule has 0 amide bonds. The summed E-state index contributed by atoms with van der Waals surface area (Å²) >= 11 is 0. The Morgan fingerprint density at radius 2 is 0.481 bits per heavy atom. The Balaban J connectivity index is 4.22. The van der Waals surface area contributed by atoms with Crippen molar-refractivity contribution in [3.05, 3.63) is 60.8 Å². The van der Waals surface area contributed by atoms with Crippen molar-refractivity contribution in [2.75, 3.05) is 13.2 Å². The van der Waals surface area contributed by atoms with Gasteiger partial charge in [-0.05, 0) is 64.2 Å². The van der Waals surface area contributed by atoms with Crippen molar-refractivity contribution < 1.29 is 28.6 Å². The normalized spacial score (nSPS) is 12.4. The second kappa shape index (κ2) is 69.6. The molecule has 0 aliphatic heterocycles. The van der Waals surface area contributed by atoms with Crippen LogP contribution < -0.4 is 0 Å². The van der Waals surface area contributed by atoms with E-state index >= 15 is 0 Å². The van der Waals surface area contributed by atoms with Crippen LogP contribution in [-0.4, -0.2) is 37.2 Å². The number of unbranched alkanes of at least 4 members (excludes halogenated alkanes) is 45. The Morgan fingerprint density at radius 1 is 0.259 bits per heavy atom. The van der Waals surface area contributed by atoms with E-state index in [-0.39, 0.29) is 31.1 Å². The zero-order valence-corrected chi connectivity index (χ0v) is 54.3. The summed E-state index contributed by atoms with van der Waals surface area (Å²) in [4.78, 5) is 38.4. The Kier molecular flexibility index (Phi) is 67.1. The van der Waals surface area contributed by atoms with Crippen LogP contribution in [0.2, 0.25) is 0 Å². The molecule has 0 saturated carbocycles. The van der Waals surface area contributed by atoms with Crippen molar-refractivity contribution in [1.82, 2.24) is 0 Å². The topological polar surface area (TPSA) is 78.9 Å². The zero-order chi connectivity index (χ0) is 58.5. The second-order valence-electron chi connectivity index (χ2n) is 24.1. The van der Waals surface area contributed by atoms with Crippen molar-refractivity contribution in [2.45, 2.75) is 386 Å². The molecule has 0 bridgehead atoms.